The molecule has 1 aliphatic carbocycles. The number of Topliss-reactive ketones (excluding diaryl/α,β-unsaturated/α-hetero) is 1. The summed E-state index contributed by atoms with van der Waals surface area (Å²) in [5.41, 5.74) is 2.13. The van der Waals surface area contributed by atoms with Gasteiger partial charge in [0.1, 0.15) is 0 Å². The Morgan fingerprint density at radius 1 is 1.38 bits per heavy atom. The molecule has 0 N–H and O–H groups in total. The molecular formula is C10H10OS2. The lowest BCUT2D eigenvalue weighted by Crippen LogP contribution is -2.09. The lowest BCUT2D eigenvalue weighted by Gasteiger charge is -2.02. The zero-order valence-electron chi connectivity index (χ0n) is 7.32. The fourth-order valence-electron chi connectivity index (χ4n) is 1.60. The predicted octanol–water partition coefficient (Wildman–Crippen LogP) is 2.81. The fraction of sp³-hybridized carbons (Fsp3) is 0.300. The number of carbonyl (C=O) groups is 1. The SMILES string of the molecule is CSSC1Cc2ccccc2C1=O. The third-order valence-electron chi connectivity index (χ3n) is 2.19. The minimum Gasteiger partial charge on any atom is -0.293 e. The molecule has 1 aromatic carbocycles. The molecule has 0 fully saturated rings. The first-order valence-corrected chi connectivity index (χ1v) is 6.76. The highest BCUT2D eigenvalue weighted by Gasteiger charge is 2.29. The molecule has 0 bridgehead atoms. The number of benzene rings is 1. The normalized spacial score (nSPS) is 20.4. The van der Waals surface area contributed by atoms with Gasteiger partial charge >= 0.3 is 0 Å². The van der Waals surface area contributed by atoms with Crippen LogP contribution < -0.4 is 0 Å². The van der Waals surface area contributed by atoms with Crippen LogP contribution in [-0.2, 0) is 6.42 Å². The Kier molecular flexibility index (Phi) is 2.65. The van der Waals surface area contributed by atoms with Gasteiger partial charge in [0.15, 0.2) is 5.78 Å². The summed E-state index contributed by atoms with van der Waals surface area (Å²) < 4.78 is 0. The van der Waals surface area contributed by atoms with Crippen LogP contribution in [0.25, 0.3) is 0 Å². The molecule has 1 aromatic rings. The van der Waals surface area contributed by atoms with E-state index >= 15 is 0 Å². The van der Waals surface area contributed by atoms with Crippen molar-refractivity contribution < 1.29 is 4.79 Å². The molecule has 13 heavy (non-hydrogen) atoms. The number of carbonyl (C=O) groups excluding carboxylic acids is 1. The van der Waals surface area contributed by atoms with Crippen LogP contribution in [0, 0.1) is 0 Å². The zero-order valence-corrected chi connectivity index (χ0v) is 8.95. The first-order chi connectivity index (χ1) is 6.33. The Morgan fingerprint density at radius 3 is 2.85 bits per heavy atom. The van der Waals surface area contributed by atoms with Gasteiger partial charge < -0.3 is 0 Å². The van der Waals surface area contributed by atoms with Crippen LogP contribution in [0.3, 0.4) is 0 Å². The number of hydrogen-bond acceptors (Lipinski definition) is 3. The molecule has 0 aromatic heterocycles. The van der Waals surface area contributed by atoms with Crippen molar-refractivity contribution in [3.05, 3.63) is 35.4 Å². The van der Waals surface area contributed by atoms with Crippen LogP contribution in [0.2, 0.25) is 0 Å². The molecule has 0 radical (unpaired) electrons. The van der Waals surface area contributed by atoms with Crippen molar-refractivity contribution in [2.75, 3.05) is 6.26 Å². The smallest absolute Gasteiger partial charge is 0.177 e. The van der Waals surface area contributed by atoms with Crippen LogP contribution in [0.4, 0.5) is 0 Å². The number of ketones is 1. The summed E-state index contributed by atoms with van der Waals surface area (Å²) in [7, 11) is 3.34. The topological polar surface area (TPSA) is 17.1 Å². The molecule has 1 atom stereocenters. The standard InChI is InChI=1S/C10H10OS2/c1-12-13-9-6-7-4-2-3-5-8(7)10(9)11/h2-5,9H,6H2,1H3. The maximum atomic E-state index is 11.8. The molecule has 0 saturated heterocycles. The average molecular weight is 210 g/mol. The Labute approximate surface area is 85.7 Å². The minimum atomic E-state index is 0.146. The van der Waals surface area contributed by atoms with E-state index in [9.17, 15) is 4.79 Å². The first kappa shape index (κ1) is 9.16. The molecular weight excluding hydrogens is 200 g/mol. The van der Waals surface area contributed by atoms with E-state index in [1.807, 2.05) is 30.5 Å². The number of fused-ring (bicyclic) bond motifs is 1. The van der Waals surface area contributed by atoms with Crippen molar-refractivity contribution in [2.24, 2.45) is 0 Å². The van der Waals surface area contributed by atoms with E-state index in [0.29, 0.717) is 5.78 Å². The largest absolute Gasteiger partial charge is 0.293 e. The minimum absolute atomic E-state index is 0.146. The molecule has 0 aliphatic heterocycles. The molecule has 0 saturated carbocycles. The first-order valence-electron chi connectivity index (χ1n) is 4.14. The quantitative estimate of drug-likeness (QED) is 0.699. The summed E-state index contributed by atoms with van der Waals surface area (Å²) >= 11 is 0. The summed E-state index contributed by atoms with van der Waals surface area (Å²) in [4.78, 5) is 11.8. The third-order valence-corrected chi connectivity index (χ3v) is 4.27. The number of hydrogen-bond donors (Lipinski definition) is 0. The second-order valence-electron chi connectivity index (χ2n) is 2.98. The molecule has 68 valence electrons. The second kappa shape index (κ2) is 3.76. The van der Waals surface area contributed by atoms with E-state index in [4.69, 9.17) is 0 Å². The van der Waals surface area contributed by atoms with Crippen LogP contribution in [0.15, 0.2) is 24.3 Å². The molecule has 3 heteroatoms. The van der Waals surface area contributed by atoms with Crippen LogP contribution in [0.5, 0.6) is 0 Å². The Morgan fingerprint density at radius 2 is 2.15 bits per heavy atom. The monoisotopic (exact) mass is 210 g/mol. The van der Waals surface area contributed by atoms with Gasteiger partial charge in [-0.15, -0.1) is 0 Å². The molecule has 1 unspecified atom stereocenters. The van der Waals surface area contributed by atoms with Crippen molar-refractivity contribution in [2.45, 2.75) is 11.7 Å². The van der Waals surface area contributed by atoms with Crippen molar-refractivity contribution in [1.82, 2.24) is 0 Å². The van der Waals surface area contributed by atoms with E-state index in [1.54, 1.807) is 21.6 Å². The molecule has 1 aliphatic rings. The molecule has 0 spiro atoms. The van der Waals surface area contributed by atoms with Gasteiger partial charge in [0.05, 0.1) is 5.25 Å². The van der Waals surface area contributed by atoms with Gasteiger partial charge in [-0.05, 0) is 18.2 Å². The van der Waals surface area contributed by atoms with Crippen molar-refractivity contribution in [3.8, 4) is 0 Å². The van der Waals surface area contributed by atoms with E-state index in [-0.39, 0.29) is 5.25 Å². The summed E-state index contributed by atoms with van der Waals surface area (Å²) in [6.45, 7) is 0. The van der Waals surface area contributed by atoms with Gasteiger partial charge in [0.25, 0.3) is 0 Å². The Bertz CT molecular complexity index is 335. The van der Waals surface area contributed by atoms with E-state index in [1.165, 1.54) is 5.56 Å². The van der Waals surface area contributed by atoms with Gasteiger partial charge in [-0.3, -0.25) is 4.79 Å². The van der Waals surface area contributed by atoms with E-state index in [0.717, 1.165) is 12.0 Å². The Hall–Kier alpha value is -0.410. The summed E-state index contributed by atoms with van der Waals surface area (Å²) in [6.07, 6.45) is 2.92. The maximum absolute atomic E-state index is 11.8. The van der Waals surface area contributed by atoms with Crippen molar-refractivity contribution >= 4 is 27.4 Å². The van der Waals surface area contributed by atoms with Gasteiger partial charge in [0, 0.05) is 5.56 Å². The van der Waals surface area contributed by atoms with Gasteiger partial charge in [0.2, 0.25) is 0 Å². The highest BCUT2D eigenvalue weighted by Crippen LogP contribution is 2.34. The van der Waals surface area contributed by atoms with Gasteiger partial charge in [-0.2, -0.15) is 0 Å². The van der Waals surface area contributed by atoms with Gasteiger partial charge in [-0.25, -0.2) is 0 Å². The van der Waals surface area contributed by atoms with Crippen molar-refractivity contribution in [3.63, 3.8) is 0 Å². The molecule has 0 heterocycles. The number of rotatable bonds is 2. The lowest BCUT2D eigenvalue weighted by atomic mass is 10.1. The molecule has 2 rings (SSSR count). The highest BCUT2D eigenvalue weighted by atomic mass is 33.1. The Balaban J connectivity index is 2.28. The summed E-state index contributed by atoms with van der Waals surface area (Å²) in [5.74, 6) is 0.301. The highest BCUT2D eigenvalue weighted by molar-refractivity contribution is 8.76. The zero-order chi connectivity index (χ0) is 9.26. The maximum Gasteiger partial charge on any atom is 0.177 e. The second-order valence-corrected chi connectivity index (χ2v) is 5.65. The van der Waals surface area contributed by atoms with Gasteiger partial charge in [-0.1, -0.05) is 45.9 Å². The molecule has 1 nitrogen and oxygen atoms in total. The van der Waals surface area contributed by atoms with E-state index in [2.05, 4.69) is 0 Å². The van der Waals surface area contributed by atoms with Crippen LogP contribution in [0.1, 0.15) is 15.9 Å². The summed E-state index contributed by atoms with van der Waals surface area (Å²) in [6, 6.07) is 7.91. The average Bonchev–Trinajstić information content (AvgIpc) is 2.46. The van der Waals surface area contributed by atoms with Crippen molar-refractivity contribution in [1.29, 1.82) is 0 Å². The lowest BCUT2D eigenvalue weighted by molar-refractivity contribution is 0.100. The van der Waals surface area contributed by atoms with Crippen LogP contribution in [-0.4, -0.2) is 17.3 Å². The van der Waals surface area contributed by atoms with Crippen LogP contribution >= 0.6 is 21.6 Å². The fourth-order valence-corrected chi connectivity index (χ4v) is 3.46. The third kappa shape index (κ3) is 1.63. The van der Waals surface area contributed by atoms with E-state index < -0.39 is 0 Å². The summed E-state index contributed by atoms with van der Waals surface area (Å²) in [5, 5.41) is 0.146. The predicted molar refractivity (Wildman–Crippen MR) is 59.4 cm³/mol. The molecule has 0 amide bonds.